The highest BCUT2D eigenvalue weighted by molar-refractivity contribution is 5.77. The molecule has 3 nitrogen and oxygen atoms in total. The lowest BCUT2D eigenvalue weighted by molar-refractivity contribution is 0.253. The summed E-state index contributed by atoms with van der Waals surface area (Å²) in [5.74, 6) is 1.96. The zero-order valence-electron chi connectivity index (χ0n) is 12.2. The summed E-state index contributed by atoms with van der Waals surface area (Å²) in [5, 5.41) is 0. The Balaban J connectivity index is 1.79. The Morgan fingerprint density at radius 2 is 2.10 bits per heavy atom. The number of hydrogen-bond donors (Lipinski definition) is 1. The van der Waals surface area contributed by atoms with Crippen molar-refractivity contribution in [3.63, 3.8) is 0 Å². The van der Waals surface area contributed by atoms with Gasteiger partial charge in [0.2, 0.25) is 0 Å². The highest BCUT2D eigenvalue weighted by Gasteiger charge is 2.37. The third kappa shape index (κ3) is 1.59. The minimum Gasteiger partial charge on any atom is -0.331 e. The number of nitrogens with zero attached hydrogens (tertiary/aromatic N) is 2. The second-order valence-corrected chi connectivity index (χ2v) is 6.70. The number of aromatic nitrogens is 2. The molecule has 0 spiro atoms. The van der Waals surface area contributed by atoms with Crippen LogP contribution in [-0.4, -0.2) is 16.1 Å². The average molecular weight is 269 g/mol. The Labute approximate surface area is 120 Å². The molecule has 0 bridgehead atoms. The zero-order valence-corrected chi connectivity index (χ0v) is 12.2. The minimum absolute atomic E-state index is 0.238. The SMILES string of the molecule is Cn1c(C2CCC2)nc2cc(C3(CN)CCC3)ccc21. The molecular weight excluding hydrogens is 246 g/mol. The van der Waals surface area contributed by atoms with Gasteiger partial charge < -0.3 is 10.3 Å². The molecule has 2 N–H and O–H groups in total. The highest BCUT2D eigenvalue weighted by Crippen LogP contribution is 2.44. The van der Waals surface area contributed by atoms with Gasteiger partial charge in [0.05, 0.1) is 11.0 Å². The lowest BCUT2D eigenvalue weighted by Crippen LogP contribution is -2.41. The van der Waals surface area contributed by atoms with Gasteiger partial charge in [-0.25, -0.2) is 4.98 Å². The van der Waals surface area contributed by atoms with Crippen molar-refractivity contribution in [1.82, 2.24) is 9.55 Å². The fraction of sp³-hybridized carbons (Fsp3) is 0.588. The van der Waals surface area contributed by atoms with Crippen molar-refractivity contribution in [3.05, 3.63) is 29.6 Å². The van der Waals surface area contributed by atoms with E-state index in [1.165, 1.54) is 55.4 Å². The van der Waals surface area contributed by atoms with Gasteiger partial charge in [-0.05, 0) is 43.4 Å². The van der Waals surface area contributed by atoms with Crippen LogP contribution in [0.15, 0.2) is 18.2 Å². The lowest BCUT2D eigenvalue weighted by atomic mass is 9.64. The average Bonchev–Trinajstić information content (AvgIpc) is 2.64. The number of imidazole rings is 1. The number of benzene rings is 1. The van der Waals surface area contributed by atoms with Gasteiger partial charge in [0, 0.05) is 24.9 Å². The van der Waals surface area contributed by atoms with E-state index in [4.69, 9.17) is 10.7 Å². The molecule has 3 heteroatoms. The maximum Gasteiger partial charge on any atom is 0.112 e. The maximum absolute atomic E-state index is 6.03. The van der Waals surface area contributed by atoms with Crippen molar-refractivity contribution >= 4 is 11.0 Å². The standard InChI is InChI=1S/C17H23N3/c1-20-15-7-6-13(17(11-18)8-3-9-17)10-14(15)19-16(20)12-4-2-5-12/h6-7,10,12H,2-5,8-9,11,18H2,1H3. The molecule has 0 radical (unpaired) electrons. The molecule has 2 fully saturated rings. The number of fused-ring (bicyclic) bond motifs is 1. The van der Waals surface area contributed by atoms with Crippen molar-refractivity contribution in [2.24, 2.45) is 12.8 Å². The van der Waals surface area contributed by atoms with Crippen molar-refractivity contribution in [2.45, 2.75) is 49.9 Å². The molecular formula is C17H23N3. The van der Waals surface area contributed by atoms with Gasteiger partial charge in [0.25, 0.3) is 0 Å². The van der Waals surface area contributed by atoms with E-state index >= 15 is 0 Å². The van der Waals surface area contributed by atoms with Crippen molar-refractivity contribution in [2.75, 3.05) is 6.54 Å². The van der Waals surface area contributed by atoms with E-state index in [1.54, 1.807) is 0 Å². The van der Waals surface area contributed by atoms with Crippen LogP contribution in [0.4, 0.5) is 0 Å². The summed E-state index contributed by atoms with van der Waals surface area (Å²) in [6.07, 6.45) is 7.74. The van der Waals surface area contributed by atoms with E-state index in [-0.39, 0.29) is 5.41 Å². The first-order valence-electron chi connectivity index (χ1n) is 7.90. The molecule has 1 aromatic heterocycles. The Kier molecular flexibility index (Phi) is 2.68. The number of nitrogens with two attached hydrogens (primary N) is 1. The molecule has 106 valence electrons. The van der Waals surface area contributed by atoms with Crippen molar-refractivity contribution in [3.8, 4) is 0 Å². The summed E-state index contributed by atoms with van der Waals surface area (Å²) >= 11 is 0. The van der Waals surface area contributed by atoms with E-state index in [0.29, 0.717) is 5.92 Å². The Morgan fingerprint density at radius 1 is 1.30 bits per heavy atom. The van der Waals surface area contributed by atoms with Crippen LogP contribution < -0.4 is 5.73 Å². The van der Waals surface area contributed by atoms with Crippen molar-refractivity contribution in [1.29, 1.82) is 0 Å². The van der Waals surface area contributed by atoms with Crippen LogP contribution in [0.5, 0.6) is 0 Å². The molecule has 0 saturated heterocycles. The molecule has 4 rings (SSSR count). The second-order valence-electron chi connectivity index (χ2n) is 6.70. The fourth-order valence-corrected chi connectivity index (χ4v) is 3.79. The van der Waals surface area contributed by atoms with Crippen LogP contribution >= 0.6 is 0 Å². The Hall–Kier alpha value is -1.35. The number of aryl methyl sites for hydroxylation is 1. The molecule has 1 aromatic carbocycles. The van der Waals surface area contributed by atoms with Crippen molar-refractivity contribution < 1.29 is 0 Å². The Morgan fingerprint density at radius 3 is 2.65 bits per heavy atom. The maximum atomic E-state index is 6.03. The van der Waals surface area contributed by atoms with E-state index in [1.807, 2.05) is 0 Å². The summed E-state index contributed by atoms with van der Waals surface area (Å²) in [6, 6.07) is 6.82. The molecule has 1 heterocycles. The Bertz CT molecular complexity index is 642. The largest absolute Gasteiger partial charge is 0.331 e. The summed E-state index contributed by atoms with van der Waals surface area (Å²) in [4.78, 5) is 4.92. The smallest absolute Gasteiger partial charge is 0.112 e. The number of rotatable bonds is 3. The van der Waals surface area contributed by atoms with Crippen LogP contribution in [0.25, 0.3) is 11.0 Å². The molecule has 2 aliphatic carbocycles. The van der Waals surface area contributed by atoms with Crippen LogP contribution in [0.3, 0.4) is 0 Å². The molecule has 0 atom stereocenters. The quantitative estimate of drug-likeness (QED) is 0.929. The predicted molar refractivity (Wildman–Crippen MR) is 81.9 cm³/mol. The second kappa shape index (κ2) is 4.32. The monoisotopic (exact) mass is 269 g/mol. The van der Waals surface area contributed by atoms with Gasteiger partial charge in [0.15, 0.2) is 0 Å². The van der Waals surface area contributed by atoms with Crippen LogP contribution in [0.1, 0.15) is 55.8 Å². The molecule has 0 aliphatic heterocycles. The summed E-state index contributed by atoms with van der Waals surface area (Å²) < 4.78 is 2.29. The fourth-order valence-electron chi connectivity index (χ4n) is 3.79. The van der Waals surface area contributed by atoms with Crippen LogP contribution in [-0.2, 0) is 12.5 Å². The van der Waals surface area contributed by atoms with Gasteiger partial charge in [0.1, 0.15) is 5.82 Å². The first kappa shape index (κ1) is 12.4. The van der Waals surface area contributed by atoms with E-state index < -0.39 is 0 Å². The van der Waals surface area contributed by atoms with Gasteiger partial charge >= 0.3 is 0 Å². The predicted octanol–water partition coefficient (Wildman–Crippen LogP) is 3.22. The first-order valence-corrected chi connectivity index (χ1v) is 7.90. The first-order chi connectivity index (χ1) is 9.73. The summed E-state index contributed by atoms with van der Waals surface area (Å²) in [6.45, 7) is 0.765. The van der Waals surface area contributed by atoms with Gasteiger partial charge in [-0.15, -0.1) is 0 Å². The minimum atomic E-state index is 0.238. The zero-order chi connectivity index (χ0) is 13.7. The third-order valence-corrected chi connectivity index (χ3v) is 5.70. The topological polar surface area (TPSA) is 43.8 Å². The third-order valence-electron chi connectivity index (χ3n) is 5.70. The van der Waals surface area contributed by atoms with E-state index in [0.717, 1.165) is 12.1 Å². The molecule has 2 saturated carbocycles. The molecule has 0 unspecified atom stereocenters. The molecule has 20 heavy (non-hydrogen) atoms. The van der Waals surface area contributed by atoms with Gasteiger partial charge in [-0.1, -0.05) is 18.9 Å². The van der Waals surface area contributed by atoms with E-state index in [2.05, 4.69) is 29.8 Å². The molecule has 2 aromatic rings. The highest BCUT2D eigenvalue weighted by atomic mass is 15.1. The molecule has 0 amide bonds. The van der Waals surface area contributed by atoms with Gasteiger partial charge in [-0.3, -0.25) is 0 Å². The summed E-state index contributed by atoms with van der Waals surface area (Å²) in [5.41, 5.74) is 10.1. The normalized spacial score (nSPS) is 21.7. The lowest BCUT2D eigenvalue weighted by Gasteiger charge is -2.41. The number of hydrogen-bond acceptors (Lipinski definition) is 2. The van der Waals surface area contributed by atoms with Crippen LogP contribution in [0, 0.1) is 0 Å². The van der Waals surface area contributed by atoms with E-state index in [9.17, 15) is 0 Å². The molecule has 2 aliphatic rings. The summed E-state index contributed by atoms with van der Waals surface area (Å²) in [7, 11) is 2.16. The van der Waals surface area contributed by atoms with Crippen LogP contribution in [0.2, 0.25) is 0 Å². The van der Waals surface area contributed by atoms with Gasteiger partial charge in [-0.2, -0.15) is 0 Å².